The zero-order valence-electron chi connectivity index (χ0n) is 21.2. The fourth-order valence-corrected chi connectivity index (χ4v) is 9.30. The molecule has 3 saturated heterocycles. The Hall–Kier alpha value is -1.80. The molecule has 2 unspecified atom stereocenters. The average Bonchev–Trinajstić information content (AvgIpc) is 3.51. The summed E-state index contributed by atoms with van der Waals surface area (Å²) in [5.74, 6) is -1.17. The Morgan fingerprint density at radius 3 is 2.46 bits per heavy atom. The number of carbonyl (C=O) groups is 3. The molecule has 3 heterocycles. The molecule has 1 N–H and O–H groups in total. The number of aliphatic hydroxyl groups is 1. The van der Waals surface area contributed by atoms with Crippen molar-refractivity contribution in [3.05, 3.63) is 25.3 Å². The van der Waals surface area contributed by atoms with Gasteiger partial charge in [0.25, 0.3) is 0 Å². The van der Waals surface area contributed by atoms with E-state index in [1.54, 1.807) is 40.8 Å². The Kier molecular flexibility index (Phi) is 8.01. The molecule has 1 aliphatic carbocycles. The summed E-state index contributed by atoms with van der Waals surface area (Å²) in [5.41, 5.74) is 0. The van der Waals surface area contributed by atoms with Gasteiger partial charge in [0.15, 0.2) is 0 Å². The lowest BCUT2D eigenvalue weighted by Gasteiger charge is -2.42. The summed E-state index contributed by atoms with van der Waals surface area (Å²) in [6.07, 6.45) is 10.9. The largest absolute Gasteiger partial charge is 0.394 e. The minimum atomic E-state index is -0.656. The molecule has 4 aliphatic rings. The van der Waals surface area contributed by atoms with Crippen LogP contribution in [0.4, 0.5) is 0 Å². The van der Waals surface area contributed by atoms with Crippen LogP contribution in [0.2, 0.25) is 0 Å². The van der Waals surface area contributed by atoms with Crippen LogP contribution < -0.4 is 0 Å². The van der Waals surface area contributed by atoms with E-state index in [-0.39, 0.29) is 35.6 Å². The molecule has 0 aromatic rings. The predicted molar refractivity (Wildman–Crippen MR) is 139 cm³/mol. The Labute approximate surface area is 214 Å². The molecule has 0 aromatic heterocycles. The van der Waals surface area contributed by atoms with Crippen molar-refractivity contribution in [3.8, 4) is 0 Å². The second kappa shape index (κ2) is 10.7. The molecule has 0 radical (unpaired) electrons. The molecular weight excluding hydrogens is 462 g/mol. The number of aliphatic hydroxyl groups excluding tert-OH is 1. The summed E-state index contributed by atoms with van der Waals surface area (Å²) in [5, 5.41) is 10.3. The number of likely N-dealkylation sites (N-methyl/N-ethyl adjacent to an activating group) is 1. The molecule has 35 heavy (non-hydrogen) atoms. The summed E-state index contributed by atoms with van der Waals surface area (Å²) in [7, 11) is 1.75. The molecule has 1 saturated carbocycles. The molecular formula is C27H41N3O4S. The van der Waals surface area contributed by atoms with E-state index in [2.05, 4.69) is 13.2 Å². The average molecular weight is 504 g/mol. The van der Waals surface area contributed by atoms with Crippen LogP contribution in [0.25, 0.3) is 0 Å². The third-order valence-electron chi connectivity index (χ3n) is 8.74. The Balaban J connectivity index is 1.75. The highest BCUT2D eigenvalue weighted by atomic mass is 32.2. The maximum atomic E-state index is 14.4. The van der Waals surface area contributed by atoms with Gasteiger partial charge in [0.1, 0.15) is 6.04 Å². The van der Waals surface area contributed by atoms with Crippen LogP contribution in [0.15, 0.2) is 25.3 Å². The Bertz CT molecular complexity index is 855. The second-order valence-corrected chi connectivity index (χ2v) is 12.2. The molecule has 0 aromatic carbocycles. The molecule has 3 aliphatic heterocycles. The van der Waals surface area contributed by atoms with Gasteiger partial charge in [-0.2, -0.15) is 0 Å². The molecule has 7 nitrogen and oxygen atoms in total. The van der Waals surface area contributed by atoms with Gasteiger partial charge >= 0.3 is 0 Å². The zero-order valence-corrected chi connectivity index (χ0v) is 22.0. The van der Waals surface area contributed by atoms with Crippen LogP contribution in [0, 0.1) is 11.8 Å². The van der Waals surface area contributed by atoms with Crippen LogP contribution >= 0.6 is 11.8 Å². The third kappa shape index (κ3) is 4.24. The maximum Gasteiger partial charge on any atom is 0.247 e. The first-order valence-corrected chi connectivity index (χ1v) is 14.1. The smallest absolute Gasteiger partial charge is 0.247 e. The SMILES string of the molecule is C=CCN(C)C(=O)[C@@H]1[C@H]2C(=O)N([C@@H](CC)CO)C(C(=O)N(CC=C)C3CCCCC3)C23CC[C@H]1S3. The van der Waals surface area contributed by atoms with Gasteiger partial charge in [-0.05, 0) is 32.1 Å². The van der Waals surface area contributed by atoms with Crippen molar-refractivity contribution in [1.29, 1.82) is 0 Å². The molecule has 194 valence electrons. The number of carbonyl (C=O) groups excluding carboxylic acids is 3. The second-order valence-electron chi connectivity index (χ2n) is 10.6. The zero-order chi connectivity index (χ0) is 25.3. The summed E-state index contributed by atoms with van der Waals surface area (Å²) >= 11 is 1.70. The number of hydrogen-bond acceptors (Lipinski definition) is 5. The molecule has 4 fully saturated rings. The lowest BCUT2D eigenvalue weighted by molar-refractivity contribution is -0.148. The summed E-state index contributed by atoms with van der Waals surface area (Å²) < 4.78 is -0.620. The van der Waals surface area contributed by atoms with Crippen LogP contribution in [0.1, 0.15) is 58.3 Å². The normalized spacial score (nSPS) is 32.9. The highest BCUT2D eigenvalue weighted by molar-refractivity contribution is 8.02. The molecule has 1 spiro atoms. The van der Waals surface area contributed by atoms with Crippen molar-refractivity contribution in [1.82, 2.24) is 14.7 Å². The van der Waals surface area contributed by atoms with Crippen molar-refractivity contribution >= 4 is 29.5 Å². The van der Waals surface area contributed by atoms with Crippen molar-refractivity contribution in [2.45, 2.75) is 86.4 Å². The molecule has 8 heteroatoms. The number of rotatable bonds is 10. The standard InChI is InChI=1S/C27H41N3O4S/c1-5-15-28(4)24(32)21-20-13-14-27(35-20)22(21)25(33)30(18(7-3)17-31)23(27)26(34)29(16-6-2)19-11-9-8-10-12-19/h5-6,18-23,31H,1-2,7-17H2,3-4H3/t18-,20+,21-,22-,23?,27?/m0/s1. The fourth-order valence-electron chi connectivity index (χ4n) is 7.10. The van der Waals surface area contributed by atoms with E-state index in [1.807, 2.05) is 11.8 Å². The summed E-state index contributed by atoms with van der Waals surface area (Å²) in [6.45, 7) is 10.3. The fraction of sp³-hybridized carbons (Fsp3) is 0.741. The van der Waals surface area contributed by atoms with E-state index in [1.165, 1.54) is 6.42 Å². The van der Waals surface area contributed by atoms with E-state index in [0.29, 0.717) is 19.5 Å². The third-order valence-corrected chi connectivity index (χ3v) is 10.7. The first-order valence-electron chi connectivity index (χ1n) is 13.2. The lowest BCUT2D eigenvalue weighted by atomic mass is 9.70. The minimum Gasteiger partial charge on any atom is -0.394 e. The van der Waals surface area contributed by atoms with Crippen molar-refractivity contribution in [3.63, 3.8) is 0 Å². The first kappa shape index (κ1) is 26.3. The van der Waals surface area contributed by atoms with Gasteiger partial charge in [-0.15, -0.1) is 24.9 Å². The van der Waals surface area contributed by atoms with Gasteiger partial charge in [0, 0.05) is 31.4 Å². The quantitative estimate of drug-likeness (QED) is 0.464. The lowest BCUT2D eigenvalue weighted by Crippen LogP contribution is -2.59. The predicted octanol–water partition coefficient (Wildman–Crippen LogP) is 2.84. The minimum absolute atomic E-state index is 0.0276. The number of likely N-dealkylation sites (tertiary alicyclic amines) is 1. The van der Waals surface area contributed by atoms with E-state index in [9.17, 15) is 19.5 Å². The van der Waals surface area contributed by atoms with Gasteiger partial charge < -0.3 is 19.8 Å². The van der Waals surface area contributed by atoms with Crippen LogP contribution in [0.5, 0.6) is 0 Å². The molecule has 4 rings (SSSR count). The van der Waals surface area contributed by atoms with Crippen molar-refractivity contribution < 1.29 is 19.5 Å². The number of amides is 3. The van der Waals surface area contributed by atoms with Crippen molar-refractivity contribution in [2.24, 2.45) is 11.8 Å². The monoisotopic (exact) mass is 503 g/mol. The molecule has 3 amide bonds. The topological polar surface area (TPSA) is 81.2 Å². The number of thioether (sulfide) groups is 1. The number of nitrogens with zero attached hydrogens (tertiary/aromatic N) is 3. The summed E-state index contributed by atoms with van der Waals surface area (Å²) in [6, 6.07) is -0.943. The van der Waals surface area contributed by atoms with Crippen molar-refractivity contribution in [2.75, 3.05) is 26.7 Å². The number of fused-ring (bicyclic) bond motifs is 1. The molecule has 2 bridgehead atoms. The highest BCUT2D eigenvalue weighted by Crippen LogP contribution is 2.67. The molecule has 6 atom stereocenters. The van der Waals surface area contributed by atoms with Crippen LogP contribution in [0.3, 0.4) is 0 Å². The van der Waals surface area contributed by atoms with Crippen LogP contribution in [-0.4, -0.2) is 92.4 Å². The first-order chi connectivity index (χ1) is 16.9. The Morgan fingerprint density at radius 1 is 1.17 bits per heavy atom. The van der Waals surface area contributed by atoms with E-state index >= 15 is 0 Å². The van der Waals surface area contributed by atoms with Gasteiger partial charge in [-0.3, -0.25) is 14.4 Å². The van der Waals surface area contributed by atoms with E-state index in [0.717, 1.165) is 38.5 Å². The Morgan fingerprint density at radius 2 is 1.86 bits per heavy atom. The van der Waals surface area contributed by atoms with Crippen LogP contribution in [-0.2, 0) is 14.4 Å². The van der Waals surface area contributed by atoms with Gasteiger partial charge in [0.2, 0.25) is 17.7 Å². The maximum absolute atomic E-state index is 14.4. The summed E-state index contributed by atoms with van der Waals surface area (Å²) in [4.78, 5) is 47.4. The van der Waals surface area contributed by atoms with Gasteiger partial charge in [-0.1, -0.05) is 38.3 Å². The van der Waals surface area contributed by atoms with E-state index in [4.69, 9.17) is 0 Å². The van der Waals surface area contributed by atoms with Gasteiger partial charge in [-0.25, -0.2) is 0 Å². The van der Waals surface area contributed by atoms with E-state index < -0.39 is 28.7 Å². The number of hydrogen-bond donors (Lipinski definition) is 1. The highest BCUT2D eigenvalue weighted by Gasteiger charge is 2.74. The van der Waals surface area contributed by atoms with Gasteiger partial charge in [0.05, 0.1) is 29.2 Å².